The number of ether oxygens (including phenoxy) is 1. The quantitative estimate of drug-likeness (QED) is 0.821. The fourth-order valence-electron chi connectivity index (χ4n) is 2.72. The number of rotatable bonds is 3. The summed E-state index contributed by atoms with van der Waals surface area (Å²) in [6, 6.07) is 0.449. The van der Waals surface area contributed by atoms with Crippen LogP contribution in [0, 0.1) is 0 Å². The number of amides is 1. The van der Waals surface area contributed by atoms with Gasteiger partial charge in [0.15, 0.2) is 0 Å². The lowest BCUT2D eigenvalue weighted by molar-refractivity contribution is 0.0687. The lowest BCUT2D eigenvalue weighted by Crippen LogP contribution is -2.44. The molecular formula is C13H24N2O2. The van der Waals surface area contributed by atoms with Gasteiger partial charge in [-0.05, 0) is 45.1 Å². The van der Waals surface area contributed by atoms with Crippen molar-refractivity contribution in [2.24, 2.45) is 0 Å². The third-order valence-electron chi connectivity index (χ3n) is 3.79. The molecule has 0 radical (unpaired) electrons. The second kappa shape index (κ2) is 6.24. The van der Waals surface area contributed by atoms with Crippen LogP contribution >= 0.6 is 0 Å². The molecular weight excluding hydrogens is 216 g/mol. The summed E-state index contributed by atoms with van der Waals surface area (Å²) >= 11 is 0. The molecule has 1 unspecified atom stereocenters. The standard InChI is InChI=1S/C13H24N2O2/c1-15(10-11-6-4-5-9-14-11)13(16)17-12-7-2-3-8-12/h11-12,14H,2-10H2,1H3. The monoisotopic (exact) mass is 240 g/mol. The molecule has 1 atom stereocenters. The molecule has 1 saturated heterocycles. The van der Waals surface area contributed by atoms with Crippen LogP contribution in [0.5, 0.6) is 0 Å². The van der Waals surface area contributed by atoms with Crippen LogP contribution in [-0.2, 0) is 4.74 Å². The second-order valence-electron chi connectivity index (χ2n) is 5.32. The van der Waals surface area contributed by atoms with Crippen LogP contribution in [0.15, 0.2) is 0 Å². The van der Waals surface area contributed by atoms with E-state index in [1.807, 2.05) is 7.05 Å². The Balaban J connectivity index is 1.70. The summed E-state index contributed by atoms with van der Waals surface area (Å²) in [4.78, 5) is 13.6. The van der Waals surface area contributed by atoms with E-state index < -0.39 is 0 Å². The highest BCUT2D eigenvalue weighted by atomic mass is 16.6. The van der Waals surface area contributed by atoms with Crippen molar-refractivity contribution in [3.8, 4) is 0 Å². The lowest BCUT2D eigenvalue weighted by Gasteiger charge is -2.28. The van der Waals surface area contributed by atoms with E-state index in [1.165, 1.54) is 32.1 Å². The number of hydrogen-bond acceptors (Lipinski definition) is 3. The van der Waals surface area contributed by atoms with Gasteiger partial charge in [0, 0.05) is 19.6 Å². The van der Waals surface area contributed by atoms with Crippen LogP contribution < -0.4 is 5.32 Å². The van der Waals surface area contributed by atoms with Crippen molar-refractivity contribution < 1.29 is 9.53 Å². The van der Waals surface area contributed by atoms with Crippen molar-refractivity contribution in [3.05, 3.63) is 0 Å². The van der Waals surface area contributed by atoms with Crippen molar-refractivity contribution in [1.82, 2.24) is 10.2 Å². The van der Waals surface area contributed by atoms with Crippen LogP contribution in [0.3, 0.4) is 0 Å². The molecule has 4 nitrogen and oxygen atoms in total. The van der Waals surface area contributed by atoms with Crippen molar-refractivity contribution in [2.45, 2.75) is 57.1 Å². The fourth-order valence-corrected chi connectivity index (χ4v) is 2.72. The van der Waals surface area contributed by atoms with Crippen molar-refractivity contribution >= 4 is 6.09 Å². The molecule has 1 saturated carbocycles. The lowest BCUT2D eigenvalue weighted by atomic mass is 10.1. The number of nitrogens with one attached hydrogen (secondary N) is 1. The minimum Gasteiger partial charge on any atom is -0.446 e. The van der Waals surface area contributed by atoms with E-state index in [2.05, 4.69) is 5.32 Å². The number of piperidine rings is 1. The predicted molar refractivity (Wildman–Crippen MR) is 67.0 cm³/mol. The number of nitrogens with zero attached hydrogens (tertiary/aromatic N) is 1. The van der Waals surface area contributed by atoms with E-state index in [1.54, 1.807) is 4.90 Å². The van der Waals surface area contributed by atoms with E-state index in [9.17, 15) is 4.79 Å². The summed E-state index contributed by atoms with van der Waals surface area (Å²) in [5, 5.41) is 3.45. The van der Waals surface area contributed by atoms with Gasteiger partial charge < -0.3 is 15.0 Å². The Labute approximate surface area is 104 Å². The molecule has 1 amide bonds. The summed E-state index contributed by atoms with van der Waals surface area (Å²) in [5.41, 5.74) is 0. The zero-order chi connectivity index (χ0) is 12.1. The average Bonchev–Trinajstić information content (AvgIpc) is 2.83. The topological polar surface area (TPSA) is 41.6 Å². The SMILES string of the molecule is CN(CC1CCCCN1)C(=O)OC1CCCC1. The molecule has 1 heterocycles. The van der Waals surface area contributed by atoms with Crippen molar-refractivity contribution in [2.75, 3.05) is 20.1 Å². The number of carbonyl (C=O) groups is 1. The maximum Gasteiger partial charge on any atom is 0.409 e. The van der Waals surface area contributed by atoms with Crippen LogP contribution in [0.2, 0.25) is 0 Å². The Morgan fingerprint density at radius 1 is 1.24 bits per heavy atom. The smallest absolute Gasteiger partial charge is 0.409 e. The molecule has 0 aromatic carbocycles. The largest absolute Gasteiger partial charge is 0.446 e. The highest BCUT2D eigenvalue weighted by Crippen LogP contribution is 2.21. The van der Waals surface area contributed by atoms with E-state index in [-0.39, 0.29) is 12.2 Å². The molecule has 98 valence electrons. The van der Waals surface area contributed by atoms with Crippen LogP contribution in [-0.4, -0.2) is 43.3 Å². The summed E-state index contributed by atoms with van der Waals surface area (Å²) in [7, 11) is 1.84. The Bertz CT molecular complexity index is 246. The third-order valence-corrected chi connectivity index (χ3v) is 3.79. The first-order chi connectivity index (χ1) is 8.25. The minimum atomic E-state index is -0.149. The molecule has 0 spiro atoms. The van der Waals surface area contributed by atoms with Gasteiger partial charge in [0.2, 0.25) is 0 Å². The minimum absolute atomic E-state index is 0.149. The van der Waals surface area contributed by atoms with E-state index in [4.69, 9.17) is 4.74 Å². The molecule has 2 aliphatic rings. The van der Waals surface area contributed by atoms with E-state index >= 15 is 0 Å². The molecule has 2 fully saturated rings. The van der Waals surface area contributed by atoms with Crippen molar-refractivity contribution in [1.29, 1.82) is 0 Å². The Hall–Kier alpha value is -0.770. The normalized spacial score (nSPS) is 25.8. The van der Waals surface area contributed by atoms with E-state index in [0.717, 1.165) is 25.9 Å². The zero-order valence-corrected chi connectivity index (χ0v) is 10.8. The number of carbonyl (C=O) groups excluding carboxylic acids is 1. The molecule has 1 aliphatic carbocycles. The predicted octanol–water partition coefficient (Wildman–Crippen LogP) is 2.14. The molecule has 17 heavy (non-hydrogen) atoms. The summed E-state index contributed by atoms with van der Waals surface area (Å²) < 4.78 is 5.47. The van der Waals surface area contributed by atoms with Crippen LogP contribution in [0.4, 0.5) is 4.79 Å². The first kappa shape index (κ1) is 12.7. The van der Waals surface area contributed by atoms with Gasteiger partial charge in [0.05, 0.1) is 0 Å². The molecule has 1 N–H and O–H groups in total. The Kier molecular flexibility index (Phi) is 4.66. The molecule has 2 rings (SSSR count). The van der Waals surface area contributed by atoms with Crippen LogP contribution in [0.1, 0.15) is 44.9 Å². The number of likely N-dealkylation sites (N-methyl/N-ethyl adjacent to an activating group) is 1. The van der Waals surface area contributed by atoms with Crippen LogP contribution in [0.25, 0.3) is 0 Å². The van der Waals surface area contributed by atoms with Gasteiger partial charge in [-0.3, -0.25) is 0 Å². The molecule has 0 aromatic heterocycles. The number of hydrogen-bond donors (Lipinski definition) is 1. The van der Waals surface area contributed by atoms with Gasteiger partial charge >= 0.3 is 6.09 Å². The summed E-state index contributed by atoms with van der Waals surface area (Å²) in [6.45, 7) is 1.85. The highest BCUT2D eigenvalue weighted by Gasteiger charge is 2.23. The van der Waals surface area contributed by atoms with Gasteiger partial charge in [-0.1, -0.05) is 6.42 Å². The summed E-state index contributed by atoms with van der Waals surface area (Å²) in [6.07, 6.45) is 8.20. The highest BCUT2D eigenvalue weighted by molar-refractivity contribution is 5.67. The maximum absolute atomic E-state index is 11.8. The first-order valence-electron chi connectivity index (χ1n) is 6.91. The molecule has 0 aromatic rings. The third kappa shape index (κ3) is 3.87. The first-order valence-corrected chi connectivity index (χ1v) is 6.91. The average molecular weight is 240 g/mol. The molecule has 4 heteroatoms. The van der Waals surface area contributed by atoms with Gasteiger partial charge in [0.25, 0.3) is 0 Å². The molecule has 0 bridgehead atoms. The zero-order valence-electron chi connectivity index (χ0n) is 10.8. The maximum atomic E-state index is 11.8. The second-order valence-corrected chi connectivity index (χ2v) is 5.32. The van der Waals surface area contributed by atoms with Gasteiger partial charge in [-0.2, -0.15) is 0 Å². The Morgan fingerprint density at radius 3 is 2.59 bits per heavy atom. The van der Waals surface area contributed by atoms with Crippen molar-refractivity contribution in [3.63, 3.8) is 0 Å². The fraction of sp³-hybridized carbons (Fsp3) is 0.923. The van der Waals surface area contributed by atoms with Gasteiger partial charge in [-0.15, -0.1) is 0 Å². The Morgan fingerprint density at radius 2 is 1.94 bits per heavy atom. The molecule has 1 aliphatic heterocycles. The van der Waals surface area contributed by atoms with Gasteiger partial charge in [-0.25, -0.2) is 4.79 Å². The summed E-state index contributed by atoms with van der Waals surface area (Å²) in [5.74, 6) is 0. The van der Waals surface area contributed by atoms with Gasteiger partial charge in [0.1, 0.15) is 6.10 Å². The van der Waals surface area contributed by atoms with E-state index in [0.29, 0.717) is 6.04 Å².